The summed E-state index contributed by atoms with van der Waals surface area (Å²) in [5.74, 6) is 0.725. The van der Waals surface area contributed by atoms with Gasteiger partial charge in [-0.1, -0.05) is 6.07 Å². The average molecular weight is 423 g/mol. The van der Waals surface area contributed by atoms with Crippen molar-refractivity contribution in [2.75, 3.05) is 37.5 Å². The molecule has 0 aliphatic carbocycles. The Hall–Kier alpha value is -3.66. The molecule has 0 radical (unpaired) electrons. The molecule has 2 aromatic carbocycles. The van der Waals surface area contributed by atoms with E-state index in [1.54, 1.807) is 26.4 Å². The Bertz CT molecular complexity index is 944. The Morgan fingerprint density at radius 2 is 1.74 bits per heavy atom. The SMILES string of the molecule is CCN(CC)c1ccc(N/C=C(/C#N)C(=O)NC(C)c2ccc(OC)c(OC)c2)cc1. The lowest BCUT2D eigenvalue weighted by Gasteiger charge is -2.21. The van der Waals surface area contributed by atoms with E-state index in [2.05, 4.69) is 29.4 Å². The molecule has 2 rings (SSSR count). The fraction of sp³-hybridized carbons (Fsp3) is 0.333. The van der Waals surface area contributed by atoms with Gasteiger partial charge in [0.05, 0.1) is 20.3 Å². The normalized spacial score (nSPS) is 11.8. The van der Waals surface area contributed by atoms with Crippen molar-refractivity contribution in [3.63, 3.8) is 0 Å². The van der Waals surface area contributed by atoms with Crippen LogP contribution < -0.4 is 25.0 Å². The van der Waals surface area contributed by atoms with Crippen molar-refractivity contribution in [1.82, 2.24) is 5.32 Å². The maximum Gasteiger partial charge on any atom is 0.263 e. The van der Waals surface area contributed by atoms with Crippen LogP contribution in [0.3, 0.4) is 0 Å². The van der Waals surface area contributed by atoms with Crippen LogP contribution in [0.2, 0.25) is 0 Å². The fourth-order valence-corrected chi connectivity index (χ4v) is 3.14. The minimum absolute atomic E-state index is 0.0138. The first-order valence-corrected chi connectivity index (χ1v) is 10.2. The molecule has 0 aromatic heterocycles. The summed E-state index contributed by atoms with van der Waals surface area (Å²) in [7, 11) is 3.12. The summed E-state index contributed by atoms with van der Waals surface area (Å²) < 4.78 is 10.6. The Balaban J connectivity index is 2.06. The predicted molar refractivity (Wildman–Crippen MR) is 123 cm³/mol. The van der Waals surface area contributed by atoms with Crippen LogP contribution in [0, 0.1) is 11.3 Å². The lowest BCUT2D eigenvalue weighted by atomic mass is 10.1. The topological polar surface area (TPSA) is 86.6 Å². The first-order valence-electron chi connectivity index (χ1n) is 10.2. The third-order valence-electron chi connectivity index (χ3n) is 5.00. The molecular formula is C24H30N4O3. The number of methoxy groups -OCH3 is 2. The number of amides is 1. The highest BCUT2D eigenvalue weighted by Crippen LogP contribution is 2.30. The van der Waals surface area contributed by atoms with Crippen molar-refractivity contribution < 1.29 is 14.3 Å². The molecule has 0 fully saturated rings. The van der Waals surface area contributed by atoms with Gasteiger partial charge in [-0.2, -0.15) is 5.26 Å². The van der Waals surface area contributed by atoms with Crippen LogP contribution >= 0.6 is 0 Å². The van der Waals surface area contributed by atoms with Crippen LogP contribution in [0.4, 0.5) is 11.4 Å². The third-order valence-corrected chi connectivity index (χ3v) is 5.00. The van der Waals surface area contributed by atoms with Gasteiger partial charge in [-0.3, -0.25) is 4.79 Å². The number of carbonyl (C=O) groups excluding carboxylic acids is 1. The summed E-state index contributed by atoms with van der Waals surface area (Å²) in [6.07, 6.45) is 1.42. The van der Waals surface area contributed by atoms with Gasteiger partial charge in [-0.05, 0) is 62.7 Å². The zero-order valence-corrected chi connectivity index (χ0v) is 18.7. The van der Waals surface area contributed by atoms with Crippen molar-refractivity contribution in [3.05, 3.63) is 59.8 Å². The van der Waals surface area contributed by atoms with E-state index in [0.717, 1.165) is 30.0 Å². The van der Waals surface area contributed by atoms with Crippen LogP contribution in [0.1, 0.15) is 32.4 Å². The van der Waals surface area contributed by atoms with E-state index >= 15 is 0 Å². The molecular weight excluding hydrogens is 392 g/mol. The molecule has 1 amide bonds. The van der Waals surface area contributed by atoms with Gasteiger partial charge in [0.2, 0.25) is 0 Å². The minimum Gasteiger partial charge on any atom is -0.493 e. The smallest absolute Gasteiger partial charge is 0.263 e. The van der Waals surface area contributed by atoms with Gasteiger partial charge in [0.25, 0.3) is 5.91 Å². The largest absolute Gasteiger partial charge is 0.493 e. The predicted octanol–water partition coefficient (Wildman–Crippen LogP) is 4.25. The molecule has 2 N–H and O–H groups in total. The van der Waals surface area contributed by atoms with E-state index in [1.165, 1.54) is 6.20 Å². The van der Waals surface area contributed by atoms with Gasteiger partial charge in [0.15, 0.2) is 11.5 Å². The number of benzene rings is 2. The maximum absolute atomic E-state index is 12.6. The lowest BCUT2D eigenvalue weighted by Crippen LogP contribution is -2.28. The van der Waals surface area contributed by atoms with Crippen molar-refractivity contribution in [2.45, 2.75) is 26.8 Å². The summed E-state index contributed by atoms with van der Waals surface area (Å²) >= 11 is 0. The summed E-state index contributed by atoms with van der Waals surface area (Å²) in [6.45, 7) is 7.92. The van der Waals surface area contributed by atoms with Crippen molar-refractivity contribution in [2.24, 2.45) is 0 Å². The second-order valence-corrected chi connectivity index (χ2v) is 6.84. The summed E-state index contributed by atoms with van der Waals surface area (Å²) in [5, 5.41) is 15.3. The fourth-order valence-electron chi connectivity index (χ4n) is 3.14. The van der Waals surface area contributed by atoms with E-state index in [0.29, 0.717) is 11.5 Å². The second kappa shape index (κ2) is 11.5. The number of carbonyl (C=O) groups is 1. The number of hydrogen-bond donors (Lipinski definition) is 2. The highest BCUT2D eigenvalue weighted by molar-refractivity contribution is 5.97. The first kappa shape index (κ1) is 23.6. The van der Waals surface area contributed by atoms with Crippen LogP contribution in [0.25, 0.3) is 0 Å². The molecule has 1 unspecified atom stereocenters. The molecule has 0 aliphatic heterocycles. The summed E-state index contributed by atoms with van der Waals surface area (Å²) in [4.78, 5) is 14.8. The zero-order chi connectivity index (χ0) is 22.8. The molecule has 164 valence electrons. The van der Waals surface area contributed by atoms with E-state index in [4.69, 9.17) is 9.47 Å². The molecule has 0 bridgehead atoms. The van der Waals surface area contributed by atoms with Crippen LogP contribution in [-0.2, 0) is 4.79 Å². The second-order valence-electron chi connectivity index (χ2n) is 6.84. The van der Waals surface area contributed by atoms with E-state index < -0.39 is 5.91 Å². The highest BCUT2D eigenvalue weighted by atomic mass is 16.5. The molecule has 0 heterocycles. The van der Waals surface area contributed by atoms with Crippen molar-refractivity contribution in [3.8, 4) is 17.6 Å². The van der Waals surface area contributed by atoms with Crippen molar-refractivity contribution in [1.29, 1.82) is 5.26 Å². The van der Waals surface area contributed by atoms with E-state index in [1.807, 2.05) is 43.3 Å². The highest BCUT2D eigenvalue weighted by Gasteiger charge is 2.15. The molecule has 7 nitrogen and oxygen atoms in total. The standard InChI is InChI=1S/C24H30N4O3/c1-6-28(7-2)21-11-9-20(10-12-21)26-16-19(15-25)24(29)27-17(3)18-8-13-22(30-4)23(14-18)31-5/h8-14,16-17,26H,6-7H2,1-5H3,(H,27,29)/b19-16-. The molecule has 0 aliphatic rings. The molecule has 7 heteroatoms. The zero-order valence-electron chi connectivity index (χ0n) is 18.7. The van der Waals surface area contributed by atoms with E-state index in [9.17, 15) is 10.1 Å². The van der Waals surface area contributed by atoms with Crippen LogP contribution in [-0.4, -0.2) is 33.2 Å². The molecule has 0 spiro atoms. The monoisotopic (exact) mass is 422 g/mol. The molecule has 2 aromatic rings. The van der Waals surface area contributed by atoms with Crippen LogP contribution in [0.5, 0.6) is 11.5 Å². The Morgan fingerprint density at radius 1 is 1.10 bits per heavy atom. The molecule has 0 saturated carbocycles. The van der Waals surface area contributed by atoms with Crippen molar-refractivity contribution >= 4 is 17.3 Å². The number of nitrogens with zero attached hydrogens (tertiary/aromatic N) is 2. The third kappa shape index (κ3) is 6.16. The Morgan fingerprint density at radius 3 is 2.29 bits per heavy atom. The quantitative estimate of drug-likeness (QED) is 0.440. The number of nitriles is 1. The number of rotatable bonds is 10. The summed E-state index contributed by atoms with van der Waals surface area (Å²) in [6, 6.07) is 14.9. The van der Waals surface area contributed by atoms with Crippen LogP contribution in [0.15, 0.2) is 54.2 Å². The number of hydrogen-bond acceptors (Lipinski definition) is 6. The minimum atomic E-state index is -0.461. The number of ether oxygens (including phenoxy) is 2. The molecule has 0 saturated heterocycles. The van der Waals surface area contributed by atoms with Gasteiger partial charge in [0, 0.05) is 30.7 Å². The Kier molecular flexibility index (Phi) is 8.77. The van der Waals surface area contributed by atoms with E-state index in [-0.39, 0.29) is 11.6 Å². The van der Waals surface area contributed by atoms with Gasteiger partial charge < -0.3 is 25.0 Å². The van der Waals surface area contributed by atoms with Gasteiger partial charge in [-0.15, -0.1) is 0 Å². The molecule has 31 heavy (non-hydrogen) atoms. The number of anilines is 2. The first-order chi connectivity index (χ1) is 15.0. The van der Waals surface area contributed by atoms with Gasteiger partial charge in [-0.25, -0.2) is 0 Å². The average Bonchev–Trinajstić information content (AvgIpc) is 2.80. The maximum atomic E-state index is 12.6. The number of nitrogens with one attached hydrogen (secondary N) is 2. The van der Waals surface area contributed by atoms with Gasteiger partial charge in [0.1, 0.15) is 11.6 Å². The molecule has 1 atom stereocenters. The Labute approximate surface area is 184 Å². The van der Waals surface area contributed by atoms with Gasteiger partial charge >= 0.3 is 0 Å². The summed E-state index contributed by atoms with van der Waals surface area (Å²) in [5.41, 5.74) is 2.74. The lowest BCUT2D eigenvalue weighted by molar-refractivity contribution is -0.117.